The van der Waals surface area contributed by atoms with Gasteiger partial charge in [0.1, 0.15) is 0 Å². The maximum atomic E-state index is 12.0. The predicted molar refractivity (Wildman–Crippen MR) is 59.0 cm³/mol. The molecule has 1 aromatic carbocycles. The Labute approximate surface area is 94.9 Å². The fourth-order valence-electron chi connectivity index (χ4n) is 1.37. The number of carbonyl (C=O) groups excluding carboxylic acids is 1. The minimum Gasteiger partial charge on any atom is -0.293 e. The molecule has 5 heteroatoms. The number of halogens is 2. The third-order valence-electron chi connectivity index (χ3n) is 2.17. The minimum absolute atomic E-state index is 0.141. The molecule has 16 heavy (non-hydrogen) atoms. The normalized spacial score (nSPS) is 11.2. The van der Waals surface area contributed by atoms with Crippen LogP contribution >= 0.6 is 11.3 Å². The highest BCUT2D eigenvalue weighted by molar-refractivity contribution is 7.18. The van der Waals surface area contributed by atoms with E-state index in [1.165, 1.54) is 11.3 Å². The van der Waals surface area contributed by atoms with Gasteiger partial charge in [0, 0.05) is 12.8 Å². The standard InChI is InChI=1S/C11H9F2NOS/c12-11(13)8(15)5-6-10-14-7-3-1-2-4-9(7)16-10/h1-4,11H,5-6H2. The molecule has 0 aliphatic heterocycles. The molecule has 2 aromatic rings. The van der Waals surface area contributed by atoms with Gasteiger partial charge in [0.2, 0.25) is 0 Å². The number of para-hydroxylation sites is 1. The number of carbonyl (C=O) groups is 1. The summed E-state index contributed by atoms with van der Waals surface area (Å²) in [6.07, 6.45) is -2.71. The molecule has 0 saturated carbocycles. The Morgan fingerprint density at radius 1 is 1.38 bits per heavy atom. The van der Waals surface area contributed by atoms with Crippen molar-refractivity contribution in [2.75, 3.05) is 0 Å². The van der Waals surface area contributed by atoms with Gasteiger partial charge in [0.25, 0.3) is 6.43 Å². The van der Waals surface area contributed by atoms with Crippen molar-refractivity contribution in [1.82, 2.24) is 4.98 Å². The van der Waals surface area contributed by atoms with Crippen LogP contribution in [-0.2, 0) is 11.2 Å². The number of thiazole rings is 1. The lowest BCUT2D eigenvalue weighted by Gasteiger charge is -1.95. The number of Topliss-reactive ketones (excluding diaryl/α,β-unsaturated/α-hetero) is 1. The number of alkyl halides is 2. The van der Waals surface area contributed by atoms with Crippen molar-refractivity contribution in [3.8, 4) is 0 Å². The first-order valence-electron chi connectivity index (χ1n) is 4.82. The molecule has 0 bridgehead atoms. The van der Waals surface area contributed by atoms with Gasteiger partial charge < -0.3 is 0 Å². The van der Waals surface area contributed by atoms with Crippen LogP contribution in [0.5, 0.6) is 0 Å². The maximum Gasteiger partial charge on any atom is 0.295 e. The molecule has 0 amide bonds. The molecule has 0 fully saturated rings. The highest BCUT2D eigenvalue weighted by atomic mass is 32.1. The fourth-order valence-corrected chi connectivity index (χ4v) is 2.33. The molecule has 0 N–H and O–H groups in total. The molecular weight excluding hydrogens is 232 g/mol. The summed E-state index contributed by atoms with van der Waals surface area (Å²) in [5.41, 5.74) is 0.854. The molecule has 2 nitrogen and oxygen atoms in total. The number of fused-ring (bicyclic) bond motifs is 1. The van der Waals surface area contributed by atoms with E-state index < -0.39 is 12.2 Å². The first-order valence-corrected chi connectivity index (χ1v) is 5.64. The Hall–Kier alpha value is -1.36. The number of hydrogen-bond donors (Lipinski definition) is 0. The molecule has 0 aliphatic rings. The molecule has 0 atom stereocenters. The molecule has 2 rings (SSSR count). The van der Waals surface area contributed by atoms with E-state index in [1.807, 2.05) is 24.3 Å². The summed E-state index contributed by atoms with van der Waals surface area (Å²) in [4.78, 5) is 15.0. The van der Waals surface area contributed by atoms with Crippen LogP contribution < -0.4 is 0 Å². The lowest BCUT2D eigenvalue weighted by Crippen LogP contribution is -2.10. The Morgan fingerprint density at radius 2 is 2.12 bits per heavy atom. The molecule has 1 aromatic heterocycles. The van der Waals surface area contributed by atoms with Gasteiger partial charge in [0.05, 0.1) is 15.2 Å². The van der Waals surface area contributed by atoms with E-state index in [-0.39, 0.29) is 6.42 Å². The van der Waals surface area contributed by atoms with Crippen LogP contribution in [0.25, 0.3) is 10.2 Å². The molecule has 1 heterocycles. The van der Waals surface area contributed by atoms with Crippen LogP contribution in [-0.4, -0.2) is 17.2 Å². The van der Waals surface area contributed by atoms with Crippen molar-refractivity contribution in [2.45, 2.75) is 19.3 Å². The number of aryl methyl sites for hydroxylation is 1. The second kappa shape index (κ2) is 4.65. The Kier molecular flexibility index (Phi) is 3.24. The third kappa shape index (κ3) is 2.41. The van der Waals surface area contributed by atoms with Crippen LogP contribution in [0.15, 0.2) is 24.3 Å². The molecule has 0 unspecified atom stereocenters. The lowest BCUT2D eigenvalue weighted by atomic mass is 10.2. The molecule has 0 radical (unpaired) electrons. The van der Waals surface area contributed by atoms with E-state index in [0.29, 0.717) is 6.42 Å². The number of benzene rings is 1. The zero-order chi connectivity index (χ0) is 11.5. The van der Waals surface area contributed by atoms with Gasteiger partial charge in [-0.05, 0) is 12.1 Å². The highest BCUT2D eigenvalue weighted by Crippen LogP contribution is 2.22. The van der Waals surface area contributed by atoms with Crippen molar-refractivity contribution in [3.05, 3.63) is 29.3 Å². The smallest absolute Gasteiger partial charge is 0.293 e. The van der Waals surface area contributed by atoms with Gasteiger partial charge in [-0.2, -0.15) is 0 Å². The minimum atomic E-state index is -2.87. The van der Waals surface area contributed by atoms with E-state index in [9.17, 15) is 13.6 Å². The first-order chi connectivity index (χ1) is 7.66. The SMILES string of the molecule is O=C(CCc1nc2ccccc2s1)C(F)F. The van der Waals surface area contributed by atoms with E-state index in [2.05, 4.69) is 4.98 Å². The van der Waals surface area contributed by atoms with E-state index in [1.54, 1.807) is 0 Å². The quantitative estimate of drug-likeness (QED) is 0.823. The summed E-state index contributed by atoms with van der Waals surface area (Å²) in [6, 6.07) is 7.56. The van der Waals surface area contributed by atoms with Gasteiger partial charge in [-0.25, -0.2) is 13.8 Å². The summed E-state index contributed by atoms with van der Waals surface area (Å²) in [5.74, 6) is -1.01. The molecule has 0 aliphatic carbocycles. The van der Waals surface area contributed by atoms with Crippen molar-refractivity contribution >= 4 is 27.3 Å². The average Bonchev–Trinajstić information content (AvgIpc) is 2.68. The van der Waals surface area contributed by atoms with Gasteiger partial charge in [-0.1, -0.05) is 12.1 Å². The van der Waals surface area contributed by atoms with Gasteiger partial charge in [0.15, 0.2) is 5.78 Å². The Balaban J connectivity index is 2.07. The molecule has 0 spiro atoms. The third-order valence-corrected chi connectivity index (χ3v) is 3.26. The van der Waals surface area contributed by atoms with Crippen molar-refractivity contribution in [1.29, 1.82) is 0 Å². The van der Waals surface area contributed by atoms with Gasteiger partial charge in [-0.15, -0.1) is 11.3 Å². The van der Waals surface area contributed by atoms with Crippen LogP contribution in [0.1, 0.15) is 11.4 Å². The van der Waals surface area contributed by atoms with Crippen LogP contribution in [0.4, 0.5) is 8.78 Å². The van der Waals surface area contributed by atoms with Crippen LogP contribution in [0, 0.1) is 0 Å². The summed E-state index contributed by atoms with van der Waals surface area (Å²) < 4.78 is 25.0. The van der Waals surface area contributed by atoms with E-state index >= 15 is 0 Å². The Bertz CT molecular complexity index is 476. The zero-order valence-electron chi connectivity index (χ0n) is 8.32. The van der Waals surface area contributed by atoms with E-state index in [4.69, 9.17) is 0 Å². The second-order valence-electron chi connectivity index (χ2n) is 3.34. The lowest BCUT2D eigenvalue weighted by molar-refractivity contribution is -0.129. The van der Waals surface area contributed by atoms with Crippen molar-refractivity contribution in [2.24, 2.45) is 0 Å². The summed E-state index contributed by atoms with van der Waals surface area (Å²) >= 11 is 1.44. The number of ketones is 1. The number of hydrogen-bond acceptors (Lipinski definition) is 3. The summed E-state index contributed by atoms with van der Waals surface area (Å²) in [7, 11) is 0. The molecule has 84 valence electrons. The predicted octanol–water partition coefficient (Wildman–Crippen LogP) is 3.06. The molecular formula is C11H9F2NOS. The maximum absolute atomic E-state index is 12.0. The zero-order valence-corrected chi connectivity index (χ0v) is 9.14. The number of aromatic nitrogens is 1. The summed E-state index contributed by atoms with van der Waals surface area (Å²) in [5, 5.41) is 0.732. The Morgan fingerprint density at radius 3 is 2.81 bits per heavy atom. The van der Waals surface area contributed by atoms with Crippen LogP contribution in [0.3, 0.4) is 0 Å². The number of rotatable bonds is 4. The largest absolute Gasteiger partial charge is 0.295 e. The second-order valence-corrected chi connectivity index (χ2v) is 4.46. The van der Waals surface area contributed by atoms with Gasteiger partial charge in [-0.3, -0.25) is 4.79 Å². The van der Waals surface area contributed by atoms with Gasteiger partial charge >= 0.3 is 0 Å². The fraction of sp³-hybridized carbons (Fsp3) is 0.273. The highest BCUT2D eigenvalue weighted by Gasteiger charge is 2.15. The monoisotopic (exact) mass is 241 g/mol. The average molecular weight is 241 g/mol. The summed E-state index contributed by atoms with van der Waals surface area (Å²) in [6.45, 7) is 0. The van der Waals surface area contributed by atoms with Crippen LogP contribution in [0.2, 0.25) is 0 Å². The topological polar surface area (TPSA) is 30.0 Å². The van der Waals surface area contributed by atoms with Crippen molar-refractivity contribution < 1.29 is 13.6 Å². The first kappa shape index (κ1) is 11.1. The number of nitrogens with zero attached hydrogens (tertiary/aromatic N) is 1. The van der Waals surface area contributed by atoms with Crippen molar-refractivity contribution in [3.63, 3.8) is 0 Å². The van der Waals surface area contributed by atoms with E-state index in [0.717, 1.165) is 15.2 Å². The molecule has 0 saturated heterocycles.